The maximum absolute atomic E-state index is 13.2. The normalized spacial score (nSPS) is 11.4. The molecule has 4 rings (SSSR count). The zero-order valence-corrected chi connectivity index (χ0v) is 21.0. The van der Waals surface area contributed by atoms with Crippen molar-refractivity contribution in [2.75, 3.05) is 5.32 Å². The highest BCUT2D eigenvalue weighted by Gasteiger charge is 2.33. The molecule has 1 aromatic heterocycles. The molecule has 0 unspecified atom stereocenters. The van der Waals surface area contributed by atoms with Crippen LogP contribution in [0.25, 0.3) is 5.69 Å². The molecule has 0 fully saturated rings. The maximum Gasteiger partial charge on any atom is 0.418 e. The van der Waals surface area contributed by atoms with E-state index in [1.165, 1.54) is 42.1 Å². The highest BCUT2D eigenvalue weighted by molar-refractivity contribution is 7.98. The van der Waals surface area contributed by atoms with Crippen LogP contribution in [0.15, 0.2) is 71.9 Å². The first-order valence-electron chi connectivity index (χ1n) is 10.6. The highest BCUT2D eigenvalue weighted by atomic mass is 35.5. The largest absolute Gasteiger partial charge is 0.418 e. The van der Waals surface area contributed by atoms with E-state index in [1.807, 2.05) is 0 Å². The van der Waals surface area contributed by atoms with Crippen molar-refractivity contribution < 1.29 is 22.4 Å². The number of alkyl halides is 3. The second kappa shape index (κ2) is 11.4. The van der Waals surface area contributed by atoms with E-state index >= 15 is 0 Å². The zero-order chi connectivity index (χ0) is 26.6. The topological polar surface area (TPSA) is 71.8 Å². The number of carbonyl (C=O) groups excluding carboxylic acids is 1. The third kappa shape index (κ3) is 6.73. The smallest absolute Gasteiger partial charge is 0.331 e. The number of nitrogens with one attached hydrogen (secondary N) is 2. The molecular weight excluding hydrogens is 553 g/mol. The number of benzene rings is 3. The number of aromatic nitrogens is 3. The summed E-state index contributed by atoms with van der Waals surface area (Å²) >= 11 is 13.7. The van der Waals surface area contributed by atoms with E-state index in [-0.39, 0.29) is 23.9 Å². The number of nitrogens with zero attached hydrogens (tertiary/aromatic N) is 3. The first-order valence-corrected chi connectivity index (χ1v) is 12.3. The molecule has 2 amide bonds. The molecule has 37 heavy (non-hydrogen) atoms. The zero-order valence-electron chi connectivity index (χ0n) is 18.7. The van der Waals surface area contributed by atoms with E-state index in [9.17, 15) is 22.4 Å². The van der Waals surface area contributed by atoms with E-state index < -0.39 is 17.8 Å². The number of urea groups is 1. The van der Waals surface area contributed by atoms with Gasteiger partial charge in [0.1, 0.15) is 5.82 Å². The molecule has 2 N–H and O–H groups in total. The molecule has 3 aromatic carbocycles. The Bertz CT molecular complexity index is 1410. The number of anilines is 1. The summed E-state index contributed by atoms with van der Waals surface area (Å²) in [5.74, 6) is 0.352. The van der Waals surface area contributed by atoms with E-state index in [4.69, 9.17) is 23.2 Å². The standard InChI is InChI=1S/C24H17Cl2F4N5OS/c25-15-7-10-20(18(26)11-15)35-21(33-34-23(35)37-13-14-5-8-16(27)9-6-14)12-31-22(36)32-19-4-2-1-3-17(19)24(28,29)30/h1-11H,12-13H2,(H2,31,32,36). The third-order valence-electron chi connectivity index (χ3n) is 5.02. The molecular formula is C24H17Cl2F4N5OS. The number of hydrogen-bond acceptors (Lipinski definition) is 4. The summed E-state index contributed by atoms with van der Waals surface area (Å²) in [4.78, 5) is 12.4. The fourth-order valence-electron chi connectivity index (χ4n) is 3.31. The summed E-state index contributed by atoms with van der Waals surface area (Å²) in [7, 11) is 0. The summed E-state index contributed by atoms with van der Waals surface area (Å²) in [6.45, 7) is -0.177. The Morgan fingerprint density at radius 3 is 2.43 bits per heavy atom. The Hall–Kier alpha value is -3.28. The van der Waals surface area contributed by atoms with Crippen molar-refractivity contribution in [3.05, 3.63) is 99.5 Å². The van der Waals surface area contributed by atoms with Crippen molar-refractivity contribution >= 4 is 46.7 Å². The SMILES string of the molecule is O=C(NCc1nnc(SCc2ccc(F)cc2)n1-c1ccc(Cl)cc1Cl)Nc1ccccc1C(F)(F)F. The second-order valence-electron chi connectivity index (χ2n) is 7.60. The highest BCUT2D eigenvalue weighted by Crippen LogP contribution is 2.34. The molecule has 0 aliphatic heterocycles. The summed E-state index contributed by atoms with van der Waals surface area (Å²) < 4.78 is 54.6. The van der Waals surface area contributed by atoms with Crippen molar-refractivity contribution in [1.29, 1.82) is 0 Å². The summed E-state index contributed by atoms with van der Waals surface area (Å²) in [5, 5.41) is 14.2. The van der Waals surface area contributed by atoms with Crippen LogP contribution in [0.3, 0.4) is 0 Å². The van der Waals surface area contributed by atoms with Gasteiger partial charge in [-0.1, -0.05) is 59.2 Å². The van der Waals surface area contributed by atoms with Gasteiger partial charge in [-0.15, -0.1) is 10.2 Å². The molecule has 0 atom stereocenters. The van der Waals surface area contributed by atoms with Gasteiger partial charge in [0.25, 0.3) is 0 Å². The van der Waals surface area contributed by atoms with Crippen molar-refractivity contribution in [1.82, 2.24) is 20.1 Å². The van der Waals surface area contributed by atoms with Gasteiger partial charge < -0.3 is 10.6 Å². The molecule has 0 aliphatic rings. The molecule has 0 aliphatic carbocycles. The Kier molecular flexibility index (Phi) is 8.25. The Morgan fingerprint density at radius 1 is 1.00 bits per heavy atom. The van der Waals surface area contributed by atoms with Crippen LogP contribution in [0, 0.1) is 5.82 Å². The lowest BCUT2D eigenvalue weighted by Gasteiger charge is -2.15. The molecule has 6 nitrogen and oxygen atoms in total. The number of thioether (sulfide) groups is 1. The first kappa shape index (κ1) is 26.8. The monoisotopic (exact) mass is 569 g/mol. The minimum atomic E-state index is -4.63. The van der Waals surface area contributed by atoms with Gasteiger partial charge in [-0.3, -0.25) is 4.57 Å². The van der Waals surface area contributed by atoms with Crippen molar-refractivity contribution in [2.45, 2.75) is 23.6 Å². The second-order valence-corrected chi connectivity index (χ2v) is 9.38. The van der Waals surface area contributed by atoms with Gasteiger partial charge in [-0.2, -0.15) is 13.2 Å². The van der Waals surface area contributed by atoms with Crippen LogP contribution in [0.1, 0.15) is 17.0 Å². The van der Waals surface area contributed by atoms with E-state index in [1.54, 1.807) is 28.8 Å². The maximum atomic E-state index is 13.2. The Balaban J connectivity index is 1.55. The Labute approximate surface area is 223 Å². The number of para-hydroxylation sites is 1. The van der Waals surface area contributed by atoms with Crippen LogP contribution in [-0.4, -0.2) is 20.8 Å². The van der Waals surface area contributed by atoms with Gasteiger partial charge in [0, 0.05) is 10.8 Å². The number of halogens is 6. The fraction of sp³-hybridized carbons (Fsp3) is 0.125. The minimum Gasteiger partial charge on any atom is -0.331 e. The molecule has 1 heterocycles. The third-order valence-corrected chi connectivity index (χ3v) is 6.56. The number of carbonyl (C=O) groups is 1. The van der Waals surface area contributed by atoms with Crippen LogP contribution in [-0.2, 0) is 18.5 Å². The minimum absolute atomic E-state index is 0.177. The molecule has 192 valence electrons. The molecule has 0 bridgehead atoms. The van der Waals surface area contributed by atoms with Gasteiger partial charge in [-0.25, -0.2) is 9.18 Å². The van der Waals surface area contributed by atoms with Crippen LogP contribution in [0.5, 0.6) is 0 Å². The number of amides is 2. The van der Waals surface area contributed by atoms with E-state index in [0.717, 1.165) is 17.7 Å². The van der Waals surface area contributed by atoms with Crippen molar-refractivity contribution in [3.8, 4) is 5.69 Å². The van der Waals surface area contributed by atoms with Crippen molar-refractivity contribution in [3.63, 3.8) is 0 Å². The number of hydrogen-bond donors (Lipinski definition) is 2. The van der Waals surface area contributed by atoms with E-state index in [2.05, 4.69) is 20.8 Å². The summed E-state index contributed by atoms with van der Waals surface area (Å²) in [6, 6.07) is 14.6. The molecule has 13 heteroatoms. The van der Waals surface area contributed by atoms with Crippen LogP contribution in [0.2, 0.25) is 10.0 Å². The lowest BCUT2D eigenvalue weighted by atomic mass is 10.1. The summed E-state index contributed by atoms with van der Waals surface area (Å²) in [5.41, 5.74) is -0.0335. The number of rotatable bonds is 7. The predicted molar refractivity (Wildman–Crippen MR) is 135 cm³/mol. The molecule has 0 radical (unpaired) electrons. The van der Waals surface area contributed by atoms with E-state index in [0.29, 0.717) is 26.6 Å². The molecule has 0 saturated heterocycles. The van der Waals surface area contributed by atoms with Crippen LogP contribution >= 0.6 is 35.0 Å². The first-order chi connectivity index (χ1) is 17.6. The van der Waals surface area contributed by atoms with Gasteiger partial charge in [0.15, 0.2) is 11.0 Å². The fourth-order valence-corrected chi connectivity index (χ4v) is 4.72. The summed E-state index contributed by atoms with van der Waals surface area (Å²) in [6.07, 6.45) is -4.63. The van der Waals surface area contributed by atoms with Crippen LogP contribution in [0.4, 0.5) is 28.0 Å². The van der Waals surface area contributed by atoms with Gasteiger partial charge in [-0.05, 0) is 48.0 Å². The van der Waals surface area contributed by atoms with Crippen molar-refractivity contribution in [2.24, 2.45) is 0 Å². The quantitative estimate of drug-likeness (QED) is 0.180. The average molecular weight is 570 g/mol. The predicted octanol–water partition coefficient (Wildman–Crippen LogP) is 7.35. The lowest BCUT2D eigenvalue weighted by Crippen LogP contribution is -2.30. The Morgan fingerprint density at radius 2 is 1.73 bits per heavy atom. The van der Waals surface area contributed by atoms with Gasteiger partial charge >= 0.3 is 12.2 Å². The lowest BCUT2D eigenvalue weighted by molar-refractivity contribution is -0.136. The van der Waals surface area contributed by atoms with Gasteiger partial charge in [0.2, 0.25) is 0 Å². The van der Waals surface area contributed by atoms with Crippen LogP contribution < -0.4 is 10.6 Å². The average Bonchev–Trinajstić information content (AvgIpc) is 3.24. The molecule has 0 saturated carbocycles. The molecule has 4 aromatic rings. The molecule has 0 spiro atoms. The van der Waals surface area contributed by atoms with Gasteiger partial charge in [0.05, 0.1) is 28.5 Å².